The third-order valence-corrected chi connectivity index (χ3v) is 6.65. The van der Waals surface area contributed by atoms with Gasteiger partial charge >= 0.3 is 6.09 Å². The number of amides is 2. The number of likely N-dealkylation sites (tertiary alicyclic amines) is 1. The van der Waals surface area contributed by atoms with E-state index in [1.165, 1.54) is 4.90 Å². The van der Waals surface area contributed by atoms with Gasteiger partial charge < -0.3 is 4.74 Å². The molecule has 6 heteroatoms. The summed E-state index contributed by atoms with van der Waals surface area (Å²) in [6.45, 7) is 8.06. The van der Waals surface area contributed by atoms with Crippen molar-refractivity contribution in [1.82, 2.24) is 9.80 Å². The minimum atomic E-state index is -0.532. The van der Waals surface area contributed by atoms with Gasteiger partial charge in [-0.1, -0.05) is 54.1 Å². The second kappa shape index (κ2) is 8.64. The van der Waals surface area contributed by atoms with Gasteiger partial charge in [0, 0.05) is 29.6 Å². The molecule has 0 N–H and O–H groups in total. The van der Waals surface area contributed by atoms with Crippen LogP contribution in [0.1, 0.15) is 37.8 Å². The zero-order valence-electron chi connectivity index (χ0n) is 18.3. The van der Waals surface area contributed by atoms with E-state index in [1.807, 2.05) is 54.6 Å². The van der Waals surface area contributed by atoms with Crippen LogP contribution in [0, 0.1) is 5.92 Å². The number of carbonyl (C=O) groups is 2. The highest BCUT2D eigenvalue weighted by atomic mass is 35.5. The highest BCUT2D eigenvalue weighted by Crippen LogP contribution is 2.38. The molecule has 3 atom stereocenters. The van der Waals surface area contributed by atoms with Gasteiger partial charge in [-0.2, -0.15) is 0 Å². The molecule has 5 nitrogen and oxygen atoms in total. The summed E-state index contributed by atoms with van der Waals surface area (Å²) in [5.41, 5.74) is 2.08. The quantitative estimate of drug-likeness (QED) is 0.688. The predicted octanol–water partition coefficient (Wildman–Crippen LogP) is 4.74. The minimum Gasteiger partial charge on any atom is -0.447 e. The van der Waals surface area contributed by atoms with Crippen LogP contribution in [0.3, 0.4) is 0 Å². The van der Waals surface area contributed by atoms with Crippen LogP contribution in [0.25, 0.3) is 0 Å². The number of imide groups is 1. The van der Waals surface area contributed by atoms with Gasteiger partial charge in [0.05, 0.1) is 12.0 Å². The second-order valence-corrected chi connectivity index (χ2v) is 9.91. The summed E-state index contributed by atoms with van der Waals surface area (Å²) in [5.74, 6) is -0.464. The summed E-state index contributed by atoms with van der Waals surface area (Å²) in [4.78, 5) is 30.0. The van der Waals surface area contributed by atoms with Gasteiger partial charge in [0.25, 0.3) is 0 Å². The summed E-state index contributed by atoms with van der Waals surface area (Å²) in [7, 11) is 0. The van der Waals surface area contributed by atoms with Crippen LogP contribution in [0.5, 0.6) is 0 Å². The number of ether oxygens (including phenoxy) is 1. The second-order valence-electron chi connectivity index (χ2n) is 9.47. The molecule has 2 amide bonds. The topological polar surface area (TPSA) is 49.9 Å². The maximum absolute atomic E-state index is 13.8. The fourth-order valence-electron chi connectivity index (χ4n) is 4.60. The van der Waals surface area contributed by atoms with Crippen LogP contribution in [0.2, 0.25) is 5.02 Å². The van der Waals surface area contributed by atoms with Crippen molar-refractivity contribution in [3.63, 3.8) is 0 Å². The third kappa shape index (κ3) is 4.63. The minimum absolute atomic E-state index is 0.00485. The first-order valence-corrected chi connectivity index (χ1v) is 11.2. The number of halogens is 1. The molecule has 0 saturated carbocycles. The molecule has 0 aliphatic carbocycles. The van der Waals surface area contributed by atoms with E-state index in [4.69, 9.17) is 16.3 Å². The van der Waals surface area contributed by atoms with Crippen molar-refractivity contribution in [3.8, 4) is 0 Å². The Morgan fingerprint density at radius 3 is 2.39 bits per heavy atom. The van der Waals surface area contributed by atoms with Crippen LogP contribution < -0.4 is 0 Å². The molecule has 2 saturated heterocycles. The van der Waals surface area contributed by atoms with E-state index in [0.717, 1.165) is 17.7 Å². The summed E-state index contributed by atoms with van der Waals surface area (Å²) in [6.07, 6.45) is 0.0645. The third-order valence-electron chi connectivity index (χ3n) is 6.40. The molecule has 2 aromatic carbocycles. The largest absolute Gasteiger partial charge is 0.447 e. The van der Waals surface area contributed by atoms with Crippen molar-refractivity contribution >= 4 is 23.6 Å². The summed E-state index contributed by atoms with van der Waals surface area (Å²) in [5, 5.41) is 0.670. The Morgan fingerprint density at radius 2 is 1.74 bits per heavy atom. The maximum atomic E-state index is 13.8. The summed E-state index contributed by atoms with van der Waals surface area (Å²) >= 11 is 6.09. The Hall–Kier alpha value is -2.37. The average Bonchev–Trinajstić information content (AvgIpc) is 3.33. The lowest BCUT2D eigenvalue weighted by Gasteiger charge is -2.32. The van der Waals surface area contributed by atoms with Gasteiger partial charge in [0.15, 0.2) is 0 Å². The highest BCUT2D eigenvalue weighted by Gasteiger charge is 2.48. The lowest BCUT2D eigenvalue weighted by Crippen LogP contribution is -2.46. The van der Waals surface area contributed by atoms with Gasteiger partial charge in [-0.25, -0.2) is 9.69 Å². The maximum Gasteiger partial charge on any atom is 0.416 e. The molecule has 0 spiro atoms. The molecule has 2 aromatic rings. The first-order valence-electron chi connectivity index (χ1n) is 10.8. The smallest absolute Gasteiger partial charge is 0.416 e. The van der Waals surface area contributed by atoms with Crippen molar-refractivity contribution in [2.45, 2.75) is 44.7 Å². The van der Waals surface area contributed by atoms with Crippen LogP contribution in [0.4, 0.5) is 4.79 Å². The number of cyclic esters (lactones) is 1. The highest BCUT2D eigenvalue weighted by molar-refractivity contribution is 6.30. The number of hydrogen-bond acceptors (Lipinski definition) is 4. The normalized spacial score (nSPS) is 24.5. The Morgan fingerprint density at radius 1 is 1.06 bits per heavy atom. The van der Waals surface area contributed by atoms with Crippen molar-refractivity contribution in [3.05, 3.63) is 70.7 Å². The molecule has 31 heavy (non-hydrogen) atoms. The Labute approximate surface area is 188 Å². The Bertz CT molecular complexity index is 939. The molecule has 2 aliphatic rings. The van der Waals surface area contributed by atoms with Crippen LogP contribution in [-0.2, 0) is 16.0 Å². The monoisotopic (exact) mass is 440 g/mol. The predicted molar refractivity (Wildman–Crippen MR) is 121 cm³/mol. The van der Waals surface area contributed by atoms with E-state index in [0.29, 0.717) is 18.0 Å². The molecule has 2 heterocycles. The molecule has 0 bridgehead atoms. The molecule has 0 unspecified atom stereocenters. The van der Waals surface area contributed by atoms with Crippen molar-refractivity contribution in [2.24, 2.45) is 5.92 Å². The number of hydrogen-bond donors (Lipinski definition) is 0. The molecular formula is C25H29ClN2O3. The van der Waals surface area contributed by atoms with Gasteiger partial charge in [-0.05, 0) is 50.5 Å². The van der Waals surface area contributed by atoms with E-state index in [9.17, 15) is 9.59 Å². The van der Waals surface area contributed by atoms with E-state index < -0.39 is 6.09 Å². The molecule has 2 fully saturated rings. The summed E-state index contributed by atoms with van der Waals surface area (Å²) < 4.78 is 5.32. The van der Waals surface area contributed by atoms with Crippen molar-refractivity contribution in [2.75, 3.05) is 19.7 Å². The van der Waals surface area contributed by atoms with Crippen molar-refractivity contribution < 1.29 is 14.3 Å². The fourth-order valence-corrected chi connectivity index (χ4v) is 4.72. The van der Waals surface area contributed by atoms with Gasteiger partial charge in [0.2, 0.25) is 5.91 Å². The lowest BCUT2D eigenvalue weighted by molar-refractivity contribution is -0.133. The van der Waals surface area contributed by atoms with Crippen LogP contribution in [-0.4, -0.2) is 53.1 Å². The first-order chi connectivity index (χ1) is 14.7. The molecule has 4 rings (SSSR count). The zero-order valence-corrected chi connectivity index (χ0v) is 19.0. The van der Waals surface area contributed by atoms with E-state index in [2.05, 4.69) is 25.7 Å². The average molecular weight is 441 g/mol. The van der Waals surface area contributed by atoms with Crippen LogP contribution >= 0.6 is 11.6 Å². The number of carbonyl (C=O) groups excluding carboxylic acids is 2. The lowest BCUT2D eigenvalue weighted by atomic mass is 9.87. The fraction of sp³-hybridized carbons (Fsp3) is 0.440. The zero-order chi connectivity index (χ0) is 22.2. The first kappa shape index (κ1) is 21.8. The Balaban J connectivity index is 1.61. The van der Waals surface area contributed by atoms with Gasteiger partial charge in [-0.15, -0.1) is 0 Å². The van der Waals surface area contributed by atoms with E-state index in [-0.39, 0.29) is 35.9 Å². The molecular weight excluding hydrogens is 412 g/mol. The van der Waals surface area contributed by atoms with Crippen molar-refractivity contribution in [1.29, 1.82) is 0 Å². The molecule has 2 aliphatic heterocycles. The summed E-state index contributed by atoms with van der Waals surface area (Å²) in [6, 6.07) is 17.3. The Kier molecular flexibility index (Phi) is 6.09. The van der Waals surface area contributed by atoms with E-state index in [1.54, 1.807) is 0 Å². The van der Waals surface area contributed by atoms with Gasteiger partial charge in [-0.3, -0.25) is 9.69 Å². The van der Waals surface area contributed by atoms with E-state index >= 15 is 0 Å². The standard InChI is InChI=1S/C25H29ClN2O3/c1-25(2,3)27-14-21(18-9-11-19(26)12-10-18)22(15-27)23(29)28-20(16-31-24(28)30)13-17-7-5-4-6-8-17/h4-12,20-22H,13-16H2,1-3H3/t20-,21-,22+/m0/s1. The number of benzene rings is 2. The molecule has 164 valence electrons. The molecule has 0 aromatic heterocycles. The van der Waals surface area contributed by atoms with Gasteiger partial charge in [0.1, 0.15) is 6.61 Å². The number of nitrogens with zero attached hydrogens (tertiary/aromatic N) is 2. The molecule has 0 radical (unpaired) electrons. The SMILES string of the molecule is CC(C)(C)N1C[C@@H](C(=O)N2C(=O)OC[C@@H]2Cc2ccccc2)[C@H](c2ccc(Cl)cc2)C1. The van der Waals surface area contributed by atoms with Crippen LogP contribution in [0.15, 0.2) is 54.6 Å². The number of rotatable bonds is 4.